The van der Waals surface area contributed by atoms with Crippen LogP contribution in [-0.2, 0) is 16.0 Å². The lowest BCUT2D eigenvalue weighted by Gasteiger charge is -2.19. The summed E-state index contributed by atoms with van der Waals surface area (Å²) in [6, 6.07) is 30.4. The van der Waals surface area contributed by atoms with E-state index < -0.39 is 6.04 Å². The Balaban J connectivity index is 1.18. The Labute approximate surface area is 236 Å². The fourth-order valence-electron chi connectivity index (χ4n) is 5.04. The summed E-state index contributed by atoms with van der Waals surface area (Å²) < 4.78 is 3.31. The minimum atomic E-state index is -0.826. The van der Waals surface area contributed by atoms with Crippen LogP contribution in [0.15, 0.2) is 103 Å². The fourth-order valence-corrected chi connectivity index (χ4v) is 6.05. The number of nitrogens with zero attached hydrogens (tertiary/aromatic N) is 2. The summed E-state index contributed by atoms with van der Waals surface area (Å²) in [6.07, 6.45) is 2.24. The SMILES string of the molecule is Cc1cc(C)cc(CC(=O)NC(C(=O)Nc2ccc(-c3cn4c(n3)sc3ccccc34)cc2)c2ccccc2)c1. The zero-order chi connectivity index (χ0) is 27.6. The molecule has 2 heterocycles. The zero-order valence-corrected chi connectivity index (χ0v) is 23.0. The molecule has 0 bridgehead atoms. The number of amides is 2. The lowest BCUT2D eigenvalue weighted by Crippen LogP contribution is -2.37. The van der Waals surface area contributed by atoms with E-state index in [4.69, 9.17) is 4.98 Å². The molecule has 6 aromatic rings. The van der Waals surface area contributed by atoms with E-state index in [-0.39, 0.29) is 18.2 Å². The second kappa shape index (κ2) is 10.8. The lowest BCUT2D eigenvalue weighted by molar-refractivity contribution is -0.126. The van der Waals surface area contributed by atoms with Gasteiger partial charge in [0.1, 0.15) is 6.04 Å². The maximum atomic E-state index is 13.4. The van der Waals surface area contributed by atoms with Gasteiger partial charge in [-0.05, 0) is 49.2 Å². The lowest BCUT2D eigenvalue weighted by atomic mass is 10.0. The smallest absolute Gasteiger partial charge is 0.251 e. The van der Waals surface area contributed by atoms with Crippen LogP contribution in [0.3, 0.4) is 0 Å². The van der Waals surface area contributed by atoms with Crippen molar-refractivity contribution in [1.29, 1.82) is 0 Å². The molecular formula is C33H28N4O2S. The van der Waals surface area contributed by atoms with Gasteiger partial charge < -0.3 is 10.6 Å². The molecule has 0 fully saturated rings. The maximum Gasteiger partial charge on any atom is 0.251 e. The van der Waals surface area contributed by atoms with Gasteiger partial charge in [-0.15, -0.1) is 0 Å². The zero-order valence-electron chi connectivity index (χ0n) is 22.2. The van der Waals surface area contributed by atoms with Crippen molar-refractivity contribution in [3.05, 3.63) is 126 Å². The molecule has 0 spiro atoms. The molecule has 2 N–H and O–H groups in total. The highest BCUT2D eigenvalue weighted by molar-refractivity contribution is 7.23. The monoisotopic (exact) mass is 544 g/mol. The summed E-state index contributed by atoms with van der Waals surface area (Å²) in [6.45, 7) is 4.02. The summed E-state index contributed by atoms with van der Waals surface area (Å²) in [4.78, 5) is 32.2. The Kier molecular flexibility index (Phi) is 6.88. The molecule has 0 aliphatic heterocycles. The third-order valence-corrected chi connectivity index (χ3v) is 7.83. The van der Waals surface area contributed by atoms with Crippen LogP contribution in [0.1, 0.15) is 28.3 Å². The van der Waals surface area contributed by atoms with Crippen molar-refractivity contribution in [2.75, 3.05) is 5.32 Å². The number of carbonyl (C=O) groups excluding carboxylic acids is 2. The first kappa shape index (κ1) is 25.5. The van der Waals surface area contributed by atoms with E-state index in [2.05, 4.69) is 33.2 Å². The van der Waals surface area contributed by atoms with E-state index in [0.29, 0.717) is 5.69 Å². The van der Waals surface area contributed by atoms with Crippen molar-refractivity contribution in [3.8, 4) is 11.3 Å². The van der Waals surface area contributed by atoms with E-state index in [1.165, 1.54) is 4.70 Å². The molecule has 0 saturated heterocycles. The first-order valence-corrected chi connectivity index (χ1v) is 13.9. The van der Waals surface area contributed by atoms with E-state index >= 15 is 0 Å². The molecule has 0 aliphatic carbocycles. The topological polar surface area (TPSA) is 75.5 Å². The number of benzene rings is 4. The largest absolute Gasteiger partial charge is 0.340 e. The van der Waals surface area contributed by atoms with Gasteiger partial charge in [0.25, 0.3) is 5.91 Å². The Bertz CT molecular complexity index is 1820. The normalized spacial score (nSPS) is 11.9. The molecule has 2 aromatic heterocycles. The van der Waals surface area contributed by atoms with Gasteiger partial charge in [0.15, 0.2) is 4.96 Å². The Morgan fingerprint density at radius 3 is 2.33 bits per heavy atom. The van der Waals surface area contributed by atoms with Crippen LogP contribution in [0.25, 0.3) is 26.4 Å². The van der Waals surface area contributed by atoms with E-state index in [1.807, 2.05) is 98.9 Å². The van der Waals surface area contributed by atoms with Crippen molar-refractivity contribution in [3.63, 3.8) is 0 Å². The number of hydrogen-bond acceptors (Lipinski definition) is 4. The van der Waals surface area contributed by atoms with Gasteiger partial charge in [0.2, 0.25) is 5.91 Å². The predicted molar refractivity (Wildman–Crippen MR) is 162 cm³/mol. The van der Waals surface area contributed by atoms with Crippen LogP contribution in [0.5, 0.6) is 0 Å². The number of fused-ring (bicyclic) bond motifs is 3. The Morgan fingerprint density at radius 2 is 1.57 bits per heavy atom. The van der Waals surface area contributed by atoms with Crippen LogP contribution in [0.4, 0.5) is 5.69 Å². The van der Waals surface area contributed by atoms with Crippen molar-refractivity contribution >= 4 is 44.0 Å². The van der Waals surface area contributed by atoms with Crippen LogP contribution >= 0.6 is 11.3 Å². The Morgan fingerprint density at radius 1 is 0.875 bits per heavy atom. The average Bonchev–Trinajstić information content (AvgIpc) is 3.50. The van der Waals surface area contributed by atoms with Gasteiger partial charge in [-0.1, -0.05) is 95.3 Å². The minimum absolute atomic E-state index is 0.200. The van der Waals surface area contributed by atoms with Crippen molar-refractivity contribution in [1.82, 2.24) is 14.7 Å². The Hall–Kier alpha value is -4.75. The van der Waals surface area contributed by atoms with Gasteiger partial charge in [0.05, 0.1) is 22.3 Å². The second-order valence-corrected chi connectivity index (χ2v) is 11.0. The number of rotatable bonds is 7. The molecule has 1 unspecified atom stereocenters. The fraction of sp³-hybridized carbons (Fsp3) is 0.121. The number of para-hydroxylation sites is 1. The third-order valence-electron chi connectivity index (χ3n) is 6.79. The van der Waals surface area contributed by atoms with Gasteiger partial charge in [-0.25, -0.2) is 4.98 Å². The molecule has 1 atom stereocenters. The summed E-state index contributed by atoms with van der Waals surface area (Å²) in [5.74, 6) is -0.515. The molecule has 2 amide bonds. The molecule has 0 aliphatic rings. The highest BCUT2D eigenvalue weighted by atomic mass is 32.1. The summed E-state index contributed by atoms with van der Waals surface area (Å²) in [5.41, 5.74) is 7.46. The molecule has 0 radical (unpaired) electrons. The van der Waals surface area contributed by atoms with Crippen LogP contribution < -0.4 is 10.6 Å². The summed E-state index contributed by atoms with van der Waals surface area (Å²) in [7, 11) is 0. The first-order valence-electron chi connectivity index (χ1n) is 13.1. The number of aryl methyl sites for hydroxylation is 2. The number of thiazole rings is 1. The molecule has 7 heteroatoms. The van der Waals surface area contributed by atoms with Gasteiger partial charge in [-0.2, -0.15) is 0 Å². The van der Waals surface area contributed by atoms with Crippen LogP contribution in [0.2, 0.25) is 0 Å². The number of hydrogen-bond donors (Lipinski definition) is 2. The van der Waals surface area contributed by atoms with Crippen molar-refractivity contribution in [2.45, 2.75) is 26.3 Å². The third kappa shape index (κ3) is 5.37. The first-order chi connectivity index (χ1) is 19.4. The van der Waals surface area contributed by atoms with E-state index in [0.717, 1.165) is 44.0 Å². The van der Waals surface area contributed by atoms with Gasteiger partial charge in [-0.3, -0.25) is 14.0 Å². The number of nitrogens with one attached hydrogen (secondary N) is 2. The molecule has 6 nitrogen and oxygen atoms in total. The standard InChI is InChI=1S/C33H28N4O2S/c1-21-16-22(2)18-23(17-21)19-30(38)36-31(25-8-4-3-5-9-25)32(39)34-26-14-12-24(13-15-26)27-20-37-28-10-6-7-11-29(28)40-33(37)35-27/h3-18,20,31H,19H2,1-2H3,(H,34,39)(H,36,38). The number of imidazole rings is 1. The van der Waals surface area contributed by atoms with Crippen molar-refractivity contribution in [2.24, 2.45) is 0 Å². The molecular weight excluding hydrogens is 516 g/mol. The quantitative estimate of drug-likeness (QED) is 0.230. The maximum absolute atomic E-state index is 13.4. The molecule has 0 saturated carbocycles. The molecule has 198 valence electrons. The van der Waals surface area contributed by atoms with Crippen LogP contribution in [0, 0.1) is 13.8 Å². The van der Waals surface area contributed by atoms with E-state index in [1.54, 1.807) is 11.3 Å². The average molecular weight is 545 g/mol. The molecule has 6 rings (SSSR count). The molecule has 4 aromatic carbocycles. The molecule has 40 heavy (non-hydrogen) atoms. The number of carbonyl (C=O) groups is 2. The highest BCUT2D eigenvalue weighted by Gasteiger charge is 2.23. The van der Waals surface area contributed by atoms with Gasteiger partial charge in [0, 0.05) is 17.4 Å². The summed E-state index contributed by atoms with van der Waals surface area (Å²) in [5, 5.41) is 5.92. The van der Waals surface area contributed by atoms with E-state index in [9.17, 15) is 9.59 Å². The van der Waals surface area contributed by atoms with Crippen LogP contribution in [-0.4, -0.2) is 21.2 Å². The second-order valence-electron chi connectivity index (χ2n) is 10.00. The highest BCUT2D eigenvalue weighted by Crippen LogP contribution is 2.30. The van der Waals surface area contributed by atoms with Gasteiger partial charge >= 0.3 is 0 Å². The number of anilines is 1. The number of aromatic nitrogens is 2. The summed E-state index contributed by atoms with van der Waals surface area (Å²) >= 11 is 1.66. The minimum Gasteiger partial charge on any atom is -0.340 e. The predicted octanol–water partition coefficient (Wildman–Crippen LogP) is 6.87. The van der Waals surface area contributed by atoms with Crippen molar-refractivity contribution < 1.29 is 9.59 Å².